The summed E-state index contributed by atoms with van der Waals surface area (Å²) in [6.45, 7) is 7.53. The molecule has 0 unspecified atom stereocenters. The highest BCUT2D eigenvalue weighted by molar-refractivity contribution is 5.85. The Kier molecular flexibility index (Phi) is 9.24. The summed E-state index contributed by atoms with van der Waals surface area (Å²) in [5.41, 5.74) is 3.05. The summed E-state index contributed by atoms with van der Waals surface area (Å²) in [5, 5.41) is 8.88. The second kappa shape index (κ2) is 13.0. The van der Waals surface area contributed by atoms with Crippen LogP contribution in [0.15, 0.2) is 72.8 Å². The van der Waals surface area contributed by atoms with Gasteiger partial charge in [-0.1, -0.05) is 74.5 Å². The van der Waals surface area contributed by atoms with Crippen LogP contribution in [0.4, 0.5) is 5.82 Å². The van der Waals surface area contributed by atoms with Crippen molar-refractivity contribution in [2.75, 3.05) is 44.2 Å². The molecule has 0 saturated carbocycles. The molecule has 0 spiro atoms. The molecule has 0 bridgehead atoms. The summed E-state index contributed by atoms with van der Waals surface area (Å²) >= 11 is 0. The number of nitrogens with zero attached hydrogens (tertiary/aromatic N) is 5. The minimum atomic E-state index is 0.0116. The molecule has 2 amide bonds. The number of carbonyl (C=O) groups is 2. The number of benzene rings is 2. The normalized spacial score (nSPS) is 13.9. The zero-order valence-corrected chi connectivity index (χ0v) is 21.9. The number of aromatic nitrogens is 2. The summed E-state index contributed by atoms with van der Waals surface area (Å²) in [4.78, 5) is 32.1. The molecule has 7 nitrogen and oxygen atoms in total. The van der Waals surface area contributed by atoms with Crippen LogP contribution in [0, 0.1) is 5.92 Å². The number of hydrogen-bond acceptors (Lipinski definition) is 5. The highest BCUT2D eigenvalue weighted by Crippen LogP contribution is 2.19. The Morgan fingerprint density at radius 3 is 2.27 bits per heavy atom. The quantitative estimate of drug-likeness (QED) is 0.439. The summed E-state index contributed by atoms with van der Waals surface area (Å²) in [5.74, 6) is 1.13. The summed E-state index contributed by atoms with van der Waals surface area (Å²) < 4.78 is 0. The van der Waals surface area contributed by atoms with Crippen LogP contribution in [0.25, 0.3) is 11.3 Å². The second-order valence-electron chi connectivity index (χ2n) is 10.0. The molecule has 1 fully saturated rings. The lowest BCUT2D eigenvalue weighted by atomic mass is 10.1. The summed E-state index contributed by atoms with van der Waals surface area (Å²) in [6.07, 6.45) is 2.04. The highest BCUT2D eigenvalue weighted by atomic mass is 16.2. The van der Waals surface area contributed by atoms with Gasteiger partial charge in [0.2, 0.25) is 11.8 Å². The third-order valence-corrected chi connectivity index (χ3v) is 6.67. The molecule has 37 heavy (non-hydrogen) atoms. The van der Waals surface area contributed by atoms with Gasteiger partial charge in [-0.2, -0.15) is 0 Å². The Labute approximate surface area is 220 Å². The van der Waals surface area contributed by atoms with Crippen molar-refractivity contribution in [2.24, 2.45) is 5.92 Å². The van der Waals surface area contributed by atoms with Crippen LogP contribution in [0.3, 0.4) is 0 Å². The fourth-order valence-corrected chi connectivity index (χ4v) is 4.60. The zero-order chi connectivity index (χ0) is 26.0. The Morgan fingerprint density at radius 2 is 1.59 bits per heavy atom. The van der Waals surface area contributed by atoms with E-state index in [0.717, 1.165) is 36.5 Å². The monoisotopic (exact) mass is 499 g/mol. The molecule has 1 aliphatic rings. The first-order valence-corrected chi connectivity index (χ1v) is 13.2. The highest BCUT2D eigenvalue weighted by Gasteiger charge is 2.24. The van der Waals surface area contributed by atoms with Gasteiger partial charge in [-0.05, 0) is 36.5 Å². The van der Waals surface area contributed by atoms with Crippen molar-refractivity contribution in [3.63, 3.8) is 0 Å². The molecule has 4 rings (SSSR count). The molecule has 1 aliphatic heterocycles. The van der Waals surface area contributed by atoms with Crippen molar-refractivity contribution in [1.82, 2.24) is 20.0 Å². The number of carbonyl (C=O) groups excluding carboxylic acids is 2. The van der Waals surface area contributed by atoms with Gasteiger partial charge in [0, 0.05) is 44.7 Å². The average molecular weight is 500 g/mol. The van der Waals surface area contributed by atoms with Gasteiger partial charge < -0.3 is 14.7 Å². The molecule has 1 saturated heterocycles. The Hall–Kier alpha value is -3.74. The van der Waals surface area contributed by atoms with E-state index in [1.807, 2.05) is 79.4 Å². The standard InChI is InChI=1S/C30H37N5O2/c1-24(2)22-29(36)35(19-16-25-10-5-3-6-11-25)23-30(37)34-18-9-17-33(20-21-34)28-15-14-27(31-32-28)26-12-7-4-8-13-26/h3-8,10-15,24H,9,16-23H2,1-2H3. The molecule has 194 valence electrons. The predicted octanol–water partition coefficient (Wildman–Crippen LogP) is 4.30. The lowest BCUT2D eigenvalue weighted by molar-refractivity contribution is -0.140. The van der Waals surface area contributed by atoms with E-state index < -0.39 is 0 Å². The SMILES string of the molecule is CC(C)CC(=O)N(CCc1ccccc1)CC(=O)N1CCCN(c2ccc(-c3ccccc3)nn2)CC1. The smallest absolute Gasteiger partial charge is 0.242 e. The molecule has 7 heteroatoms. The maximum absolute atomic E-state index is 13.3. The minimum Gasteiger partial charge on any atom is -0.353 e. The van der Waals surface area contributed by atoms with Gasteiger partial charge in [0.05, 0.1) is 12.2 Å². The van der Waals surface area contributed by atoms with E-state index in [0.29, 0.717) is 32.6 Å². The molecule has 0 aliphatic carbocycles. The Bertz CT molecular complexity index is 1140. The number of rotatable bonds is 9. The van der Waals surface area contributed by atoms with Crippen LogP contribution in [0.1, 0.15) is 32.3 Å². The van der Waals surface area contributed by atoms with Gasteiger partial charge in [0.1, 0.15) is 0 Å². The topological polar surface area (TPSA) is 69.6 Å². The maximum atomic E-state index is 13.3. The molecule has 2 heterocycles. The van der Waals surface area contributed by atoms with Crippen LogP contribution in [-0.4, -0.2) is 71.1 Å². The Morgan fingerprint density at radius 1 is 0.865 bits per heavy atom. The van der Waals surface area contributed by atoms with E-state index in [1.165, 1.54) is 5.56 Å². The van der Waals surface area contributed by atoms with Crippen LogP contribution in [0.5, 0.6) is 0 Å². The second-order valence-corrected chi connectivity index (χ2v) is 10.0. The molecule has 3 aromatic rings. The van der Waals surface area contributed by atoms with E-state index >= 15 is 0 Å². The van der Waals surface area contributed by atoms with E-state index in [2.05, 4.69) is 27.2 Å². The van der Waals surface area contributed by atoms with Gasteiger partial charge in [0.25, 0.3) is 0 Å². The number of hydrogen-bond donors (Lipinski definition) is 0. The number of anilines is 1. The minimum absolute atomic E-state index is 0.0116. The van der Waals surface area contributed by atoms with Gasteiger partial charge in [0.15, 0.2) is 5.82 Å². The molecule has 0 N–H and O–H groups in total. The summed E-state index contributed by atoms with van der Waals surface area (Å²) in [7, 11) is 0. The maximum Gasteiger partial charge on any atom is 0.242 e. The average Bonchev–Trinajstić information content (AvgIpc) is 3.18. The van der Waals surface area contributed by atoms with Crippen molar-refractivity contribution in [3.05, 3.63) is 78.4 Å². The third kappa shape index (κ3) is 7.62. The molecule has 2 aromatic carbocycles. The molecule has 0 radical (unpaired) electrons. The van der Waals surface area contributed by atoms with Crippen molar-refractivity contribution < 1.29 is 9.59 Å². The Balaban J connectivity index is 1.35. The van der Waals surface area contributed by atoms with Gasteiger partial charge in [-0.15, -0.1) is 10.2 Å². The van der Waals surface area contributed by atoms with Crippen LogP contribution < -0.4 is 4.90 Å². The van der Waals surface area contributed by atoms with Crippen molar-refractivity contribution in [2.45, 2.75) is 33.1 Å². The van der Waals surface area contributed by atoms with Crippen molar-refractivity contribution in [3.8, 4) is 11.3 Å². The van der Waals surface area contributed by atoms with Crippen molar-refractivity contribution >= 4 is 17.6 Å². The van der Waals surface area contributed by atoms with E-state index in [-0.39, 0.29) is 24.3 Å². The van der Waals surface area contributed by atoms with E-state index in [4.69, 9.17) is 0 Å². The number of amides is 2. The van der Waals surface area contributed by atoms with Gasteiger partial charge in [-0.3, -0.25) is 9.59 Å². The zero-order valence-electron chi connectivity index (χ0n) is 21.9. The third-order valence-electron chi connectivity index (χ3n) is 6.67. The molecule has 1 aromatic heterocycles. The fraction of sp³-hybridized carbons (Fsp3) is 0.400. The molecular weight excluding hydrogens is 462 g/mol. The molecule has 0 atom stereocenters. The largest absolute Gasteiger partial charge is 0.353 e. The van der Waals surface area contributed by atoms with Crippen molar-refractivity contribution in [1.29, 1.82) is 0 Å². The summed E-state index contributed by atoms with van der Waals surface area (Å²) in [6, 6.07) is 24.1. The first-order chi connectivity index (χ1) is 18.0. The first-order valence-electron chi connectivity index (χ1n) is 13.2. The van der Waals surface area contributed by atoms with Gasteiger partial charge in [-0.25, -0.2) is 0 Å². The fourth-order valence-electron chi connectivity index (χ4n) is 4.60. The lowest BCUT2D eigenvalue weighted by Crippen LogP contribution is -2.45. The van der Waals surface area contributed by atoms with Crippen LogP contribution in [-0.2, 0) is 16.0 Å². The van der Waals surface area contributed by atoms with E-state index in [1.54, 1.807) is 4.90 Å². The first kappa shape index (κ1) is 26.3. The van der Waals surface area contributed by atoms with Crippen LogP contribution in [0.2, 0.25) is 0 Å². The van der Waals surface area contributed by atoms with Gasteiger partial charge >= 0.3 is 0 Å². The lowest BCUT2D eigenvalue weighted by Gasteiger charge is -2.27. The van der Waals surface area contributed by atoms with E-state index in [9.17, 15) is 9.59 Å². The van der Waals surface area contributed by atoms with Crippen LogP contribution >= 0.6 is 0 Å². The molecular formula is C30H37N5O2. The predicted molar refractivity (Wildman–Crippen MR) is 147 cm³/mol.